The first kappa shape index (κ1) is 21.9. The molecule has 2 aromatic rings. The molecule has 0 aliphatic carbocycles. The normalized spacial score (nSPS) is 14.5. The van der Waals surface area contributed by atoms with Crippen molar-refractivity contribution in [2.24, 2.45) is 0 Å². The van der Waals surface area contributed by atoms with Crippen LogP contribution in [0.4, 0.5) is 10.1 Å². The zero-order valence-corrected chi connectivity index (χ0v) is 17.8. The quantitative estimate of drug-likeness (QED) is 0.582. The van der Waals surface area contributed by atoms with Gasteiger partial charge >= 0.3 is 0 Å². The van der Waals surface area contributed by atoms with E-state index in [4.69, 9.17) is 14.2 Å². The van der Waals surface area contributed by atoms with Gasteiger partial charge in [-0.05, 0) is 49.4 Å². The molecule has 1 heterocycles. The molecule has 0 aromatic heterocycles. The van der Waals surface area contributed by atoms with Gasteiger partial charge in [-0.2, -0.15) is 0 Å². The lowest BCUT2D eigenvalue weighted by Gasteiger charge is -2.36. The minimum atomic E-state index is -0.214. The fourth-order valence-electron chi connectivity index (χ4n) is 3.73. The van der Waals surface area contributed by atoms with Gasteiger partial charge in [-0.3, -0.25) is 9.69 Å². The molecular formula is C23H29FN2O4. The van der Waals surface area contributed by atoms with Crippen LogP contribution < -0.4 is 19.1 Å². The van der Waals surface area contributed by atoms with Crippen molar-refractivity contribution in [3.05, 3.63) is 47.8 Å². The molecule has 1 aliphatic heterocycles. The summed E-state index contributed by atoms with van der Waals surface area (Å²) >= 11 is 0. The number of carbonyl (C=O) groups is 1. The number of piperazine rings is 1. The zero-order valence-electron chi connectivity index (χ0n) is 17.8. The molecule has 0 unspecified atom stereocenters. The van der Waals surface area contributed by atoms with Crippen LogP contribution in [0.5, 0.6) is 17.2 Å². The van der Waals surface area contributed by atoms with E-state index in [2.05, 4.69) is 9.80 Å². The third-order valence-corrected chi connectivity index (χ3v) is 5.43. The summed E-state index contributed by atoms with van der Waals surface area (Å²) in [7, 11) is 4.62. The van der Waals surface area contributed by atoms with E-state index < -0.39 is 0 Å². The SMILES string of the molecule is COc1cc(C(=O)CCCN2CCN(c3ccc(F)cc3)CC2)cc(OC)c1OC. The van der Waals surface area contributed by atoms with Gasteiger partial charge < -0.3 is 19.1 Å². The van der Waals surface area contributed by atoms with Crippen molar-refractivity contribution in [3.63, 3.8) is 0 Å². The van der Waals surface area contributed by atoms with Crippen LogP contribution in [-0.2, 0) is 0 Å². The molecule has 1 saturated heterocycles. The van der Waals surface area contributed by atoms with Gasteiger partial charge in [0, 0.05) is 43.9 Å². The van der Waals surface area contributed by atoms with Crippen LogP contribution in [0, 0.1) is 5.82 Å². The van der Waals surface area contributed by atoms with E-state index in [9.17, 15) is 9.18 Å². The second-order valence-electron chi connectivity index (χ2n) is 7.25. The molecule has 0 amide bonds. The first-order valence-corrected chi connectivity index (χ1v) is 10.1. The van der Waals surface area contributed by atoms with Crippen molar-refractivity contribution in [2.75, 3.05) is 59.0 Å². The molecule has 30 heavy (non-hydrogen) atoms. The summed E-state index contributed by atoms with van der Waals surface area (Å²) in [5.74, 6) is 1.29. The number of ether oxygens (including phenoxy) is 3. The van der Waals surface area contributed by atoms with Crippen LogP contribution in [0.1, 0.15) is 23.2 Å². The van der Waals surface area contributed by atoms with E-state index in [1.165, 1.54) is 33.5 Å². The summed E-state index contributed by atoms with van der Waals surface area (Å²) in [5, 5.41) is 0. The molecule has 1 aliphatic rings. The average Bonchev–Trinajstić information content (AvgIpc) is 2.79. The number of halogens is 1. The number of hydrogen-bond donors (Lipinski definition) is 0. The lowest BCUT2D eigenvalue weighted by molar-refractivity contribution is 0.0973. The Hall–Kier alpha value is -2.80. The summed E-state index contributed by atoms with van der Waals surface area (Å²) in [6.07, 6.45) is 1.24. The Bertz CT molecular complexity index is 824. The van der Waals surface area contributed by atoms with Crippen molar-refractivity contribution >= 4 is 11.5 Å². The number of nitrogens with zero attached hydrogens (tertiary/aromatic N) is 2. The Morgan fingerprint density at radius 2 is 1.53 bits per heavy atom. The van der Waals surface area contributed by atoms with Gasteiger partial charge in [0.05, 0.1) is 21.3 Å². The molecular weight excluding hydrogens is 387 g/mol. The Morgan fingerprint density at radius 1 is 0.933 bits per heavy atom. The Morgan fingerprint density at radius 3 is 2.07 bits per heavy atom. The maximum atomic E-state index is 13.1. The third-order valence-electron chi connectivity index (χ3n) is 5.43. The molecule has 0 N–H and O–H groups in total. The minimum absolute atomic E-state index is 0.0548. The predicted octanol–water partition coefficient (Wildman–Crippen LogP) is 3.64. The fraction of sp³-hybridized carbons (Fsp3) is 0.435. The molecule has 0 spiro atoms. The van der Waals surface area contributed by atoms with Gasteiger partial charge in [0.15, 0.2) is 17.3 Å². The minimum Gasteiger partial charge on any atom is -0.493 e. The van der Waals surface area contributed by atoms with Crippen LogP contribution >= 0.6 is 0 Å². The van der Waals surface area contributed by atoms with Gasteiger partial charge in [0.2, 0.25) is 5.75 Å². The van der Waals surface area contributed by atoms with Crippen molar-refractivity contribution in [1.82, 2.24) is 4.90 Å². The van der Waals surface area contributed by atoms with Crippen molar-refractivity contribution < 1.29 is 23.4 Å². The highest BCUT2D eigenvalue weighted by Gasteiger charge is 2.19. The summed E-state index contributed by atoms with van der Waals surface area (Å²) in [6, 6.07) is 10.0. The monoisotopic (exact) mass is 416 g/mol. The highest BCUT2D eigenvalue weighted by Crippen LogP contribution is 2.38. The van der Waals surface area contributed by atoms with E-state index in [1.807, 2.05) is 12.1 Å². The number of hydrogen-bond acceptors (Lipinski definition) is 6. The van der Waals surface area contributed by atoms with Crippen LogP contribution in [0.3, 0.4) is 0 Å². The van der Waals surface area contributed by atoms with Crippen molar-refractivity contribution in [3.8, 4) is 17.2 Å². The van der Waals surface area contributed by atoms with Gasteiger partial charge in [-0.1, -0.05) is 0 Å². The highest BCUT2D eigenvalue weighted by molar-refractivity contribution is 5.97. The standard InChI is InChI=1S/C23H29FN2O4/c1-28-21-15-17(16-22(29-2)23(21)30-3)20(27)5-4-10-25-11-13-26(14-12-25)19-8-6-18(24)7-9-19/h6-9,15-16H,4-5,10-14H2,1-3H3. The van der Waals surface area contributed by atoms with E-state index in [-0.39, 0.29) is 11.6 Å². The number of rotatable bonds is 9. The van der Waals surface area contributed by atoms with Gasteiger partial charge in [-0.15, -0.1) is 0 Å². The molecule has 0 radical (unpaired) electrons. The van der Waals surface area contributed by atoms with Crippen molar-refractivity contribution in [1.29, 1.82) is 0 Å². The summed E-state index contributed by atoms with van der Waals surface area (Å²) in [4.78, 5) is 17.3. The first-order chi connectivity index (χ1) is 14.5. The maximum absolute atomic E-state index is 13.1. The van der Waals surface area contributed by atoms with Gasteiger partial charge in [0.25, 0.3) is 0 Å². The summed E-state index contributed by atoms with van der Waals surface area (Å²) < 4.78 is 29.1. The lowest BCUT2D eigenvalue weighted by atomic mass is 10.0. The predicted molar refractivity (Wildman–Crippen MR) is 115 cm³/mol. The third kappa shape index (κ3) is 5.21. The highest BCUT2D eigenvalue weighted by atomic mass is 19.1. The number of carbonyl (C=O) groups excluding carboxylic acids is 1. The lowest BCUT2D eigenvalue weighted by Crippen LogP contribution is -2.46. The molecule has 0 saturated carbocycles. The molecule has 3 rings (SSSR count). The molecule has 1 fully saturated rings. The van der Waals surface area contributed by atoms with Crippen molar-refractivity contribution in [2.45, 2.75) is 12.8 Å². The fourth-order valence-corrected chi connectivity index (χ4v) is 3.73. The number of ketones is 1. The zero-order chi connectivity index (χ0) is 21.5. The van der Waals surface area contributed by atoms with Crippen LogP contribution in [-0.4, -0.2) is 64.7 Å². The Kier molecular flexibility index (Phi) is 7.52. The summed E-state index contributed by atoms with van der Waals surface area (Å²) in [5.41, 5.74) is 1.61. The Balaban J connectivity index is 1.49. The number of benzene rings is 2. The van der Waals surface area contributed by atoms with E-state index in [0.717, 1.165) is 44.8 Å². The second kappa shape index (κ2) is 10.3. The molecule has 162 valence electrons. The van der Waals surface area contributed by atoms with E-state index >= 15 is 0 Å². The first-order valence-electron chi connectivity index (χ1n) is 10.1. The van der Waals surface area contributed by atoms with E-state index in [1.54, 1.807) is 12.1 Å². The molecule has 0 atom stereocenters. The number of Topliss-reactive ketones (excluding diaryl/α,β-unsaturated/α-hetero) is 1. The summed E-state index contributed by atoms with van der Waals surface area (Å²) in [6.45, 7) is 4.51. The van der Waals surface area contributed by atoms with Crippen LogP contribution in [0.25, 0.3) is 0 Å². The van der Waals surface area contributed by atoms with E-state index in [0.29, 0.717) is 29.2 Å². The molecule has 7 heteroatoms. The maximum Gasteiger partial charge on any atom is 0.203 e. The van der Waals surface area contributed by atoms with Gasteiger partial charge in [-0.25, -0.2) is 4.39 Å². The number of anilines is 1. The molecule has 2 aromatic carbocycles. The topological polar surface area (TPSA) is 51.2 Å². The largest absolute Gasteiger partial charge is 0.493 e. The second-order valence-corrected chi connectivity index (χ2v) is 7.25. The van der Waals surface area contributed by atoms with Crippen LogP contribution in [0.2, 0.25) is 0 Å². The molecule has 0 bridgehead atoms. The van der Waals surface area contributed by atoms with Crippen LogP contribution in [0.15, 0.2) is 36.4 Å². The molecule has 6 nitrogen and oxygen atoms in total. The Labute approximate surface area is 177 Å². The average molecular weight is 416 g/mol. The van der Waals surface area contributed by atoms with Gasteiger partial charge in [0.1, 0.15) is 5.82 Å². The smallest absolute Gasteiger partial charge is 0.203 e. The number of methoxy groups -OCH3 is 3.